The van der Waals surface area contributed by atoms with Crippen molar-refractivity contribution in [3.8, 4) is 0 Å². The van der Waals surface area contributed by atoms with Crippen molar-refractivity contribution in [2.45, 2.75) is 32.9 Å². The smallest absolute Gasteiger partial charge is 0.244 e. The van der Waals surface area contributed by atoms with E-state index in [4.69, 9.17) is 5.73 Å². The van der Waals surface area contributed by atoms with Crippen molar-refractivity contribution in [3.05, 3.63) is 6.33 Å². The van der Waals surface area contributed by atoms with Crippen LogP contribution in [-0.2, 0) is 11.3 Å². The maximum absolute atomic E-state index is 12.0. The Bertz CT molecular complexity index is 388. The minimum Gasteiger partial charge on any atom is -0.367 e. The van der Waals surface area contributed by atoms with Crippen molar-refractivity contribution in [1.29, 1.82) is 0 Å². The SMILES string of the molecule is CC1CC(C)N(C(=O)Cn2cnc(N)n2)C1. The second-order valence-corrected chi connectivity index (χ2v) is 4.54. The number of aromatic nitrogens is 3. The van der Waals surface area contributed by atoms with Gasteiger partial charge in [-0.3, -0.25) is 4.79 Å². The molecule has 0 spiro atoms. The summed E-state index contributed by atoms with van der Waals surface area (Å²) in [6.07, 6.45) is 2.56. The van der Waals surface area contributed by atoms with Crippen LogP contribution in [0.2, 0.25) is 0 Å². The first-order valence-electron chi connectivity index (χ1n) is 5.50. The summed E-state index contributed by atoms with van der Waals surface area (Å²) in [7, 11) is 0. The van der Waals surface area contributed by atoms with E-state index in [-0.39, 0.29) is 18.4 Å². The molecule has 0 aliphatic carbocycles. The van der Waals surface area contributed by atoms with Crippen molar-refractivity contribution in [2.24, 2.45) is 5.92 Å². The zero-order valence-corrected chi connectivity index (χ0v) is 9.63. The highest BCUT2D eigenvalue weighted by Crippen LogP contribution is 2.22. The maximum Gasteiger partial charge on any atom is 0.244 e. The standard InChI is InChI=1S/C10H17N5O/c1-7-3-8(2)15(4-7)9(16)5-14-6-12-10(11)13-14/h6-8H,3-5H2,1-2H3,(H2,11,13). The molecule has 6 nitrogen and oxygen atoms in total. The molecular weight excluding hydrogens is 206 g/mol. The van der Waals surface area contributed by atoms with Gasteiger partial charge in [0.15, 0.2) is 0 Å². The lowest BCUT2D eigenvalue weighted by atomic mass is 10.1. The second-order valence-electron chi connectivity index (χ2n) is 4.54. The highest BCUT2D eigenvalue weighted by molar-refractivity contribution is 5.76. The van der Waals surface area contributed by atoms with Crippen LogP contribution in [0.4, 0.5) is 5.95 Å². The molecule has 0 bridgehead atoms. The third kappa shape index (κ3) is 2.15. The van der Waals surface area contributed by atoms with Gasteiger partial charge in [-0.25, -0.2) is 9.67 Å². The zero-order valence-electron chi connectivity index (χ0n) is 9.63. The number of amides is 1. The molecule has 0 aromatic carbocycles. The number of carbonyl (C=O) groups excluding carboxylic acids is 1. The first-order valence-corrected chi connectivity index (χ1v) is 5.50. The van der Waals surface area contributed by atoms with Gasteiger partial charge in [-0.15, -0.1) is 5.10 Å². The summed E-state index contributed by atoms with van der Waals surface area (Å²) < 4.78 is 1.48. The summed E-state index contributed by atoms with van der Waals surface area (Å²) in [5.41, 5.74) is 5.39. The molecule has 1 aliphatic rings. The molecule has 2 rings (SSSR count). The van der Waals surface area contributed by atoms with E-state index in [9.17, 15) is 4.79 Å². The predicted molar refractivity (Wildman–Crippen MR) is 59.4 cm³/mol. The van der Waals surface area contributed by atoms with Gasteiger partial charge in [0, 0.05) is 12.6 Å². The lowest BCUT2D eigenvalue weighted by Crippen LogP contribution is -2.36. The lowest BCUT2D eigenvalue weighted by Gasteiger charge is -2.21. The van der Waals surface area contributed by atoms with Crippen LogP contribution in [0.3, 0.4) is 0 Å². The third-order valence-corrected chi connectivity index (χ3v) is 2.96. The van der Waals surface area contributed by atoms with E-state index >= 15 is 0 Å². The summed E-state index contributed by atoms with van der Waals surface area (Å²) in [4.78, 5) is 17.7. The number of rotatable bonds is 2. The van der Waals surface area contributed by atoms with Gasteiger partial charge in [0.25, 0.3) is 0 Å². The fourth-order valence-corrected chi connectivity index (χ4v) is 2.26. The van der Waals surface area contributed by atoms with Crippen molar-refractivity contribution >= 4 is 11.9 Å². The molecule has 0 radical (unpaired) electrons. The lowest BCUT2D eigenvalue weighted by molar-refractivity contribution is -0.132. The molecule has 1 fully saturated rings. The van der Waals surface area contributed by atoms with Crippen LogP contribution in [0.5, 0.6) is 0 Å². The van der Waals surface area contributed by atoms with Crippen LogP contribution >= 0.6 is 0 Å². The Labute approximate surface area is 94.4 Å². The molecule has 88 valence electrons. The molecular formula is C10H17N5O. The number of nitrogen functional groups attached to an aromatic ring is 1. The van der Waals surface area contributed by atoms with Crippen LogP contribution in [0, 0.1) is 5.92 Å². The van der Waals surface area contributed by atoms with E-state index < -0.39 is 0 Å². The Balaban J connectivity index is 1.98. The summed E-state index contributed by atoms with van der Waals surface area (Å²) in [5, 5.41) is 3.90. The highest BCUT2D eigenvalue weighted by Gasteiger charge is 2.29. The Morgan fingerprint density at radius 1 is 1.62 bits per heavy atom. The number of carbonyl (C=O) groups is 1. The zero-order chi connectivity index (χ0) is 11.7. The van der Waals surface area contributed by atoms with Crippen LogP contribution in [-0.4, -0.2) is 38.2 Å². The van der Waals surface area contributed by atoms with Gasteiger partial charge < -0.3 is 10.6 Å². The molecule has 2 atom stereocenters. The average Bonchev–Trinajstić information content (AvgIpc) is 2.73. The molecule has 2 unspecified atom stereocenters. The van der Waals surface area contributed by atoms with Gasteiger partial charge in [-0.1, -0.05) is 6.92 Å². The van der Waals surface area contributed by atoms with Crippen LogP contribution in [0.15, 0.2) is 6.33 Å². The number of hydrogen-bond donors (Lipinski definition) is 1. The van der Waals surface area contributed by atoms with Gasteiger partial charge in [0.1, 0.15) is 12.9 Å². The summed E-state index contributed by atoms with van der Waals surface area (Å²) in [6.45, 7) is 5.31. The van der Waals surface area contributed by atoms with E-state index in [2.05, 4.69) is 23.9 Å². The van der Waals surface area contributed by atoms with E-state index in [0.717, 1.165) is 13.0 Å². The minimum atomic E-state index is 0.0850. The van der Waals surface area contributed by atoms with Gasteiger partial charge in [-0.05, 0) is 19.3 Å². The van der Waals surface area contributed by atoms with Crippen molar-refractivity contribution in [3.63, 3.8) is 0 Å². The van der Waals surface area contributed by atoms with Crippen molar-refractivity contribution in [1.82, 2.24) is 19.7 Å². The molecule has 2 N–H and O–H groups in total. The van der Waals surface area contributed by atoms with Crippen molar-refractivity contribution < 1.29 is 4.79 Å². The Morgan fingerprint density at radius 2 is 2.38 bits per heavy atom. The van der Waals surface area contributed by atoms with Crippen LogP contribution in [0.25, 0.3) is 0 Å². The number of hydrogen-bond acceptors (Lipinski definition) is 4. The summed E-state index contributed by atoms with van der Waals surface area (Å²) >= 11 is 0. The number of likely N-dealkylation sites (tertiary alicyclic amines) is 1. The largest absolute Gasteiger partial charge is 0.367 e. The molecule has 1 saturated heterocycles. The maximum atomic E-state index is 12.0. The fraction of sp³-hybridized carbons (Fsp3) is 0.700. The van der Waals surface area contributed by atoms with Crippen LogP contribution < -0.4 is 5.73 Å². The quantitative estimate of drug-likeness (QED) is 0.772. The van der Waals surface area contributed by atoms with E-state index in [0.29, 0.717) is 12.0 Å². The Morgan fingerprint density at radius 3 is 2.88 bits per heavy atom. The first kappa shape index (κ1) is 10.9. The minimum absolute atomic E-state index is 0.0850. The topological polar surface area (TPSA) is 77.0 Å². The Hall–Kier alpha value is -1.59. The monoisotopic (exact) mass is 223 g/mol. The normalized spacial score (nSPS) is 25.0. The molecule has 16 heavy (non-hydrogen) atoms. The van der Waals surface area contributed by atoms with E-state index in [1.807, 2.05) is 4.90 Å². The Kier molecular flexibility index (Phi) is 2.80. The molecule has 2 heterocycles. The van der Waals surface area contributed by atoms with Gasteiger partial charge in [0.2, 0.25) is 11.9 Å². The summed E-state index contributed by atoms with van der Waals surface area (Å²) in [5.74, 6) is 0.872. The molecule has 1 amide bonds. The molecule has 0 saturated carbocycles. The van der Waals surface area contributed by atoms with Gasteiger partial charge >= 0.3 is 0 Å². The average molecular weight is 223 g/mol. The van der Waals surface area contributed by atoms with Gasteiger partial charge in [0.05, 0.1) is 0 Å². The van der Waals surface area contributed by atoms with E-state index in [1.54, 1.807) is 0 Å². The van der Waals surface area contributed by atoms with Gasteiger partial charge in [-0.2, -0.15) is 0 Å². The first-order chi connectivity index (χ1) is 7.56. The third-order valence-electron chi connectivity index (χ3n) is 2.96. The number of nitrogens with zero attached hydrogens (tertiary/aromatic N) is 4. The fourth-order valence-electron chi connectivity index (χ4n) is 2.26. The second kappa shape index (κ2) is 4.11. The van der Waals surface area contributed by atoms with Crippen LogP contribution in [0.1, 0.15) is 20.3 Å². The molecule has 1 aromatic rings. The van der Waals surface area contributed by atoms with Crippen molar-refractivity contribution in [2.75, 3.05) is 12.3 Å². The molecule has 1 aromatic heterocycles. The predicted octanol–water partition coefficient (Wildman–Crippen LogP) is 0.117. The summed E-state index contributed by atoms with van der Waals surface area (Å²) in [6, 6.07) is 0.323. The van der Waals surface area contributed by atoms with E-state index in [1.165, 1.54) is 11.0 Å². The molecule has 6 heteroatoms. The molecule has 1 aliphatic heterocycles. The number of nitrogens with two attached hydrogens (primary N) is 1. The highest BCUT2D eigenvalue weighted by atomic mass is 16.2. The number of anilines is 1.